The van der Waals surface area contributed by atoms with Crippen molar-refractivity contribution in [3.05, 3.63) is 71.7 Å². The number of pyridine rings is 1. The molecule has 2 aliphatic rings. The van der Waals surface area contributed by atoms with Crippen molar-refractivity contribution < 1.29 is 4.79 Å². The van der Waals surface area contributed by atoms with E-state index < -0.39 is 0 Å². The lowest BCUT2D eigenvalue weighted by Crippen LogP contribution is -2.30. The Bertz CT molecular complexity index is 827. The second-order valence-corrected chi connectivity index (χ2v) is 5.90. The van der Waals surface area contributed by atoms with E-state index in [4.69, 9.17) is 0 Å². The summed E-state index contributed by atoms with van der Waals surface area (Å²) in [7, 11) is 0. The lowest BCUT2D eigenvalue weighted by Gasteiger charge is -2.25. The van der Waals surface area contributed by atoms with Gasteiger partial charge in [0.1, 0.15) is 5.71 Å². The number of carbonyl (C=O) groups excluding carboxylic acids is 1. The van der Waals surface area contributed by atoms with Crippen molar-refractivity contribution in [3.63, 3.8) is 0 Å². The van der Waals surface area contributed by atoms with Gasteiger partial charge in [-0.25, -0.2) is 0 Å². The molecule has 24 heavy (non-hydrogen) atoms. The normalized spacial score (nSPS) is 20.4. The molecule has 2 aromatic rings. The van der Waals surface area contributed by atoms with Crippen LogP contribution in [-0.4, -0.2) is 29.7 Å². The van der Waals surface area contributed by atoms with Crippen LogP contribution in [0.3, 0.4) is 0 Å². The van der Waals surface area contributed by atoms with Gasteiger partial charge in [-0.05, 0) is 30.7 Å². The van der Waals surface area contributed by atoms with Crippen LogP contribution in [0.5, 0.6) is 0 Å². The molecule has 0 saturated carbocycles. The van der Waals surface area contributed by atoms with E-state index >= 15 is 0 Å². The molecule has 1 aromatic carbocycles. The first-order chi connectivity index (χ1) is 11.8. The summed E-state index contributed by atoms with van der Waals surface area (Å²) in [5.41, 5.74) is 4.38. The highest BCUT2D eigenvalue weighted by atomic mass is 16.2. The molecule has 5 heteroatoms. The molecule has 0 aliphatic carbocycles. The summed E-state index contributed by atoms with van der Waals surface area (Å²) in [6.07, 6.45) is 3.57. The van der Waals surface area contributed by atoms with E-state index in [9.17, 15) is 4.79 Å². The van der Waals surface area contributed by atoms with Crippen LogP contribution in [0.15, 0.2) is 71.1 Å². The van der Waals surface area contributed by atoms with Crippen LogP contribution in [0.4, 0.5) is 5.69 Å². The van der Waals surface area contributed by atoms with Crippen molar-refractivity contribution in [1.82, 2.24) is 10.3 Å². The van der Waals surface area contributed by atoms with Crippen LogP contribution in [0.2, 0.25) is 0 Å². The van der Waals surface area contributed by atoms with Gasteiger partial charge >= 0.3 is 0 Å². The number of aliphatic imine (C=N–C) groups is 1. The van der Waals surface area contributed by atoms with Gasteiger partial charge in [0, 0.05) is 35.9 Å². The monoisotopic (exact) mass is 318 g/mol. The molecule has 1 fully saturated rings. The van der Waals surface area contributed by atoms with Gasteiger partial charge in [0.05, 0.1) is 12.6 Å². The summed E-state index contributed by atoms with van der Waals surface area (Å²) in [5.74, 6) is -0.0481. The summed E-state index contributed by atoms with van der Waals surface area (Å²) in [4.78, 5) is 23.8. The molecule has 0 spiro atoms. The highest BCUT2D eigenvalue weighted by Gasteiger charge is 2.44. The van der Waals surface area contributed by atoms with Gasteiger partial charge in [0.15, 0.2) is 0 Å². The van der Waals surface area contributed by atoms with E-state index in [1.54, 1.807) is 6.20 Å². The molecule has 5 nitrogen and oxygen atoms in total. The quantitative estimate of drug-likeness (QED) is 0.925. The Labute approximate surface area is 140 Å². The van der Waals surface area contributed by atoms with Crippen molar-refractivity contribution >= 4 is 17.3 Å². The first-order valence-electron chi connectivity index (χ1n) is 8.05. The molecule has 3 heterocycles. The van der Waals surface area contributed by atoms with Crippen molar-refractivity contribution in [3.8, 4) is 0 Å². The van der Waals surface area contributed by atoms with Crippen molar-refractivity contribution in [2.24, 2.45) is 4.99 Å². The van der Waals surface area contributed by atoms with Crippen LogP contribution >= 0.6 is 0 Å². The van der Waals surface area contributed by atoms with Gasteiger partial charge in [-0.1, -0.05) is 24.3 Å². The van der Waals surface area contributed by atoms with E-state index in [1.165, 1.54) is 0 Å². The largest absolute Gasteiger partial charge is 0.386 e. The Morgan fingerprint density at radius 3 is 2.75 bits per heavy atom. The molecule has 1 saturated heterocycles. The maximum absolute atomic E-state index is 13.1. The number of anilines is 1. The number of carbonyl (C=O) groups is 1. The van der Waals surface area contributed by atoms with Gasteiger partial charge in [0.25, 0.3) is 5.91 Å². The fraction of sp³-hybridized carbons (Fsp3) is 0.211. The van der Waals surface area contributed by atoms with E-state index in [2.05, 4.69) is 15.3 Å². The zero-order chi connectivity index (χ0) is 16.5. The lowest BCUT2D eigenvalue weighted by atomic mass is 9.98. The van der Waals surface area contributed by atoms with Crippen LogP contribution in [-0.2, 0) is 4.79 Å². The topological polar surface area (TPSA) is 57.6 Å². The smallest absolute Gasteiger partial charge is 0.277 e. The van der Waals surface area contributed by atoms with Crippen LogP contribution in [0.25, 0.3) is 0 Å². The maximum atomic E-state index is 13.1. The summed E-state index contributed by atoms with van der Waals surface area (Å²) < 4.78 is 0. The second kappa shape index (κ2) is 5.92. The minimum Gasteiger partial charge on any atom is -0.386 e. The summed E-state index contributed by atoms with van der Waals surface area (Å²) in [6, 6.07) is 13.4. The molecule has 1 amide bonds. The lowest BCUT2D eigenvalue weighted by molar-refractivity contribution is -0.112. The molecule has 0 unspecified atom stereocenters. The fourth-order valence-electron chi connectivity index (χ4n) is 3.36. The first kappa shape index (κ1) is 14.6. The maximum Gasteiger partial charge on any atom is 0.277 e. The minimum absolute atomic E-state index is 0.0481. The molecule has 1 N–H and O–H groups in total. The summed E-state index contributed by atoms with van der Waals surface area (Å²) >= 11 is 0. The van der Waals surface area contributed by atoms with Gasteiger partial charge in [-0.3, -0.25) is 19.7 Å². The SMILES string of the molecule is CC1=C2C(=NCCN1)C(=O)N(c1ccccc1)[C@H]2c1cccnc1. The number of amides is 1. The van der Waals surface area contributed by atoms with Gasteiger partial charge in [-0.15, -0.1) is 0 Å². The number of nitrogens with one attached hydrogen (secondary N) is 1. The number of allylic oxidation sites excluding steroid dienone is 1. The van der Waals surface area contributed by atoms with Gasteiger partial charge in [0.2, 0.25) is 0 Å². The third-order valence-electron chi connectivity index (χ3n) is 4.42. The van der Waals surface area contributed by atoms with E-state index in [0.29, 0.717) is 12.3 Å². The average molecular weight is 318 g/mol. The highest BCUT2D eigenvalue weighted by Crippen LogP contribution is 2.40. The minimum atomic E-state index is -0.210. The molecule has 1 aromatic heterocycles. The number of fused-ring (bicyclic) bond motifs is 1. The molecule has 2 aliphatic heterocycles. The number of para-hydroxylation sites is 1. The van der Waals surface area contributed by atoms with Crippen LogP contribution in [0, 0.1) is 0 Å². The van der Waals surface area contributed by atoms with Gasteiger partial charge in [-0.2, -0.15) is 0 Å². The standard InChI is InChI=1S/C19H18N4O/c1-13-16-17(22-11-10-21-13)19(24)23(15-7-3-2-4-8-15)18(16)14-6-5-9-20-12-14/h2-9,12,18,21H,10-11H2,1H3/t18-/m0/s1. The predicted molar refractivity (Wildman–Crippen MR) is 93.9 cm³/mol. The van der Waals surface area contributed by atoms with Crippen LogP contribution in [0.1, 0.15) is 18.5 Å². The molecular weight excluding hydrogens is 300 g/mol. The highest BCUT2D eigenvalue weighted by molar-refractivity contribution is 6.53. The number of aromatic nitrogens is 1. The predicted octanol–water partition coefficient (Wildman–Crippen LogP) is 2.49. The zero-order valence-electron chi connectivity index (χ0n) is 13.4. The van der Waals surface area contributed by atoms with Crippen molar-refractivity contribution in [1.29, 1.82) is 0 Å². The number of rotatable bonds is 2. The summed E-state index contributed by atoms with van der Waals surface area (Å²) in [6.45, 7) is 3.36. The zero-order valence-corrected chi connectivity index (χ0v) is 13.4. The van der Waals surface area contributed by atoms with Crippen molar-refractivity contribution in [2.45, 2.75) is 13.0 Å². The fourth-order valence-corrected chi connectivity index (χ4v) is 3.36. The molecule has 0 radical (unpaired) electrons. The Morgan fingerprint density at radius 2 is 2.00 bits per heavy atom. The number of hydrogen-bond acceptors (Lipinski definition) is 4. The third-order valence-corrected chi connectivity index (χ3v) is 4.42. The van der Waals surface area contributed by atoms with Crippen molar-refractivity contribution in [2.75, 3.05) is 18.0 Å². The first-order valence-corrected chi connectivity index (χ1v) is 8.05. The van der Waals surface area contributed by atoms with E-state index in [1.807, 2.05) is 60.5 Å². The number of hydrogen-bond donors (Lipinski definition) is 1. The molecule has 0 bridgehead atoms. The Morgan fingerprint density at radius 1 is 1.17 bits per heavy atom. The molecule has 4 rings (SSSR count). The Hall–Kier alpha value is -2.95. The Balaban J connectivity index is 1.94. The Kier molecular flexibility index (Phi) is 3.61. The summed E-state index contributed by atoms with van der Waals surface area (Å²) in [5, 5.41) is 3.37. The number of nitrogens with zero attached hydrogens (tertiary/aromatic N) is 3. The van der Waals surface area contributed by atoms with Crippen LogP contribution < -0.4 is 10.2 Å². The van der Waals surface area contributed by atoms with Gasteiger partial charge < -0.3 is 5.32 Å². The molecular formula is C19H18N4O. The average Bonchev–Trinajstić information content (AvgIpc) is 2.78. The van der Waals surface area contributed by atoms with E-state index in [-0.39, 0.29) is 11.9 Å². The molecule has 120 valence electrons. The molecule has 1 atom stereocenters. The number of benzene rings is 1. The van der Waals surface area contributed by atoms with E-state index in [0.717, 1.165) is 29.1 Å². The third kappa shape index (κ3) is 2.29. The second-order valence-electron chi connectivity index (χ2n) is 5.90.